The molecule has 0 atom stereocenters. The van der Waals surface area contributed by atoms with Crippen molar-refractivity contribution in [1.82, 2.24) is 4.98 Å². The van der Waals surface area contributed by atoms with Crippen molar-refractivity contribution in [2.45, 2.75) is 13.8 Å². The zero-order chi connectivity index (χ0) is 12.6. The number of hydrogen-bond donors (Lipinski definition) is 0. The van der Waals surface area contributed by atoms with Crippen LogP contribution in [0.5, 0.6) is 0 Å². The largest absolute Gasteiger partial charge is 0.288 e. The molecule has 0 radical (unpaired) electrons. The molecule has 2 nitrogen and oxygen atoms in total. The normalized spacial score (nSPS) is 10.6. The first-order chi connectivity index (χ1) is 7.99. The van der Waals surface area contributed by atoms with E-state index in [4.69, 9.17) is 0 Å². The van der Waals surface area contributed by atoms with Gasteiger partial charge in [-0.1, -0.05) is 0 Å². The minimum Gasteiger partial charge on any atom is -0.288 e. The van der Waals surface area contributed by atoms with Crippen molar-refractivity contribution < 1.29 is 13.6 Å². The van der Waals surface area contributed by atoms with Gasteiger partial charge in [-0.3, -0.25) is 4.79 Å². The van der Waals surface area contributed by atoms with E-state index in [2.05, 4.69) is 4.98 Å². The van der Waals surface area contributed by atoms with E-state index in [0.29, 0.717) is 10.6 Å². The molecule has 1 aromatic carbocycles. The Morgan fingerprint density at radius 3 is 2.47 bits per heavy atom. The Morgan fingerprint density at radius 2 is 1.94 bits per heavy atom. The van der Waals surface area contributed by atoms with Crippen molar-refractivity contribution in [2.75, 3.05) is 0 Å². The molecule has 88 valence electrons. The summed E-state index contributed by atoms with van der Waals surface area (Å²) < 4.78 is 25.8. The molecular weight excluding hydrogens is 244 g/mol. The second-order valence-corrected chi connectivity index (χ2v) is 4.81. The molecule has 0 aliphatic rings. The summed E-state index contributed by atoms with van der Waals surface area (Å²) in [6.07, 6.45) is 0. The van der Waals surface area contributed by atoms with E-state index in [0.717, 1.165) is 17.1 Å². The van der Waals surface area contributed by atoms with Crippen molar-refractivity contribution in [1.29, 1.82) is 0 Å². The SMILES string of the molecule is Cc1nc(C)c(C(=O)c2ccc(F)c(F)c2)s1. The number of carbonyl (C=O) groups is 1. The minimum atomic E-state index is -1.02. The Labute approximate surface area is 101 Å². The van der Waals surface area contributed by atoms with E-state index in [1.807, 2.05) is 0 Å². The molecule has 0 fully saturated rings. The number of ketones is 1. The number of hydrogen-bond acceptors (Lipinski definition) is 3. The molecular formula is C12H9F2NOS. The molecule has 0 aliphatic heterocycles. The van der Waals surface area contributed by atoms with E-state index in [1.54, 1.807) is 13.8 Å². The first kappa shape index (κ1) is 11.9. The number of aryl methyl sites for hydroxylation is 2. The predicted octanol–water partition coefficient (Wildman–Crippen LogP) is 3.27. The third-order valence-corrected chi connectivity index (χ3v) is 3.36. The second-order valence-electron chi connectivity index (χ2n) is 3.61. The number of aromatic nitrogens is 1. The van der Waals surface area contributed by atoms with Gasteiger partial charge < -0.3 is 0 Å². The van der Waals surface area contributed by atoms with Gasteiger partial charge in [0.2, 0.25) is 5.78 Å². The molecule has 2 aromatic rings. The van der Waals surface area contributed by atoms with Crippen LogP contribution in [0.2, 0.25) is 0 Å². The van der Waals surface area contributed by atoms with Crippen LogP contribution >= 0.6 is 11.3 Å². The smallest absolute Gasteiger partial charge is 0.204 e. The Balaban J connectivity index is 2.44. The molecule has 2 rings (SSSR count). The van der Waals surface area contributed by atoms with E-state index in [9.17, 15) is 13.6 Å². The summed E-state index contributed by atoms with van der Waals surface area (Å²) in [5.41, 5.74) is 0.748. The average molecular weight is 253 g/mol. The van der Waals surface area contributed by atoms with E-state index in [1.165, 1.54) is 17.4 Å². The van der Waals surface area contributed by atoms with Crippen molar-refractivity contribution in [3.05, 3.63) is 51.0 Å². The number of thiazole rings is 1. The van der Waals surface area contributed by atoms with Crippen LogP contribution in [0, 0.1) is 25.5 Å². The van der Waals surface area contributed by atoms with Crippen LogP contribution in [0.3, 0.4) is 0 Å². The van der Waals surface area contributed by atoms with Gasteiger partial charge in [-0.15, -0.1) is 11.3 Å². The Morgan fingerprint density at radius 1 is 1.24 bits per heavy atom. The quantitative estimate of drug-likeness (QED) is 0.769. The van der Waals surface area contributed by atoms with E-state index >= 15 is 0 Å². The number of benzene rings is 1. The van der Waals surface area contributed by atoms with Gasteiger partial charge in [0.15, 0.2) is 11.6 Å². The van der Waals surface area contributed by atoms with Gasteiger partial charge in [-0.2, -0.15) is 0 Å². The molecule has 1 aromatic heterocycles. The zero-order valence-electron chi connectivity index (χ0n) is 9.25. The third kappa shape index (κ3) is 2.24. The molecule has 0 unspecified atom stereocenters. The average Bonchev–Trinajstić information content (AvgIpc) is 2.61. The molecule has 0 aliphatic carbocycles. The first-order valence-electron chi connectivity index (χ1n) is 4.93. The van der Waals surface area contributed by atoms with Crippen LogP contribution in [0.25, 0.3) is 0 Å². The molecule has 17 heavy (non-hydrogen) atoms. The van der Waals surface area contributed by atoms with Crippen LogP contribution in [0.4, 0.5) is 8.78 Å². The van der Waals surface area contributed by atoms with E-state index in [-0.39, 0.29) is 11.3 Å². The monoisotopic (exact) mass is 253 g/mol. The Hall–Kier alpha value is -1.62. The highest BCUT2D eigenvalue weighted by Gasteiger charge is 2.17. The van der Waals surface area contributed by atoms with Crippen LogP contribution in [0.1, 0.15) is 25.9 Å². The molecule has 5 heteroatoms. The molecule has 0 spiro atoms. The number of halogens is 2. The van der Waals surface area contributed by atoms with Gasteiger partial charge in [0.1, 0.15) is 0 Å². The van der Waals surface area contributed by atoms with Crippen LogP contribution in [-0.2, 0) is 0 Å². The van der Waals surface area contributed by atoms with Gasteiger partial charge in [0.25, 0.3) is 0 Å². The summed E-state index contributed by atoms with van der Waals surface area (Å²) in [4.78, 5) is 16.6. The maximum Gasteiger partial charge on any atom is 0.204 e. The maximum absolute atomic E-state index is 13.0. The highest BCUT2D eigenvalue weighted by atomic mass is 32.1. The van der Waals surface area contributed by atoms with Gasteiger partial charge >= 0.3 is 0 Å². The first-order valence-corrected chi connectivity index (χ1v) is 5.74. The molecule has 0 bridgehead atoms. The van der Waals surface area contributed by atoms with Crippen LogP contribution < -0.4 is 0 Å². The number of nitrogens with zero attached hydrogens (tertiary/aromatic N) is 1. The lowest BCUT2D eigenvalue weighted by Gasteiger charge is -2.00. The van der Waals surface area contributed by atoms with Gasteiger partial charge in [-0.05, 0) is 32.0 Å². The number of carbonyl (C=O) groups excluding carboxylic acids is 1. The van der Waals surface area contributed by atoms with Crippen molar-refractivity contribution in [3.63, 3.8) is 0 Å². The number of rotatable bonds is 2. The second kappa shape index (κ2) is 4.33. The predicted molar refractivity (Wildman–Crippen MR) is 61.4 cm³/mol. The Kier molecular flexibility index (Phi) is 3.02. The highest BCUT2D eigenvalue weighted by Crippen LogP contribution is 2.21. The molecule has 0 saturated heterocycles. The van der Waals surface area contributed by atoms with E-state index < -0.39 is 11.6 Å². The Bertz CT molecular complexity index is 592. The van der Waals surface area contributed by atoms with Crippen LogP contribution in [0.15, 0.2) is 18.2 Å². The fraction of sp³-hybridized carbons (Fsp3) is 0.167. The topological polar surface area (TPSA) is 30.0 Å². The van der Waals surface area contributed by atoms with Gasteiger partial charge in [0.05, 0.1) is 15.6 Å². The highest BCUT2D eigenvalue weighted by molar-refractivity contribution is 7.14. The summed E-state index contributed by atoms with van der Waals surface area (Å²) in [5.74, 6) is -2.31. The van der Waals surface area contributed by atoms with Crippen molar-refractivity contribution in [3.8, 4) is 0 Å². The fourth-order valence-corrected chi connectivity index (χ4v) is 2.39. The summed E-state index contributed by atoms with van der Waals surface area (Å²) in [6.45, 7) is 3.51. The fourth-order valence-electron chi connectivity index (χ4n) is 1.51. The molecule has 0 amide bonds. The van der Waals surface area contributed by atoms with Crippen LogP contribution in [-0.4, -0.2) is 10.8 Å². The van der Waals surface area contributed by atoms with Crippen molar-refractivity contribution in [2.24, 2.45) is 0 Å². The lowest BCUT2D eigenvalue weighted by molar-refractivity contribution is 0.104. The zero-order valence-corrected chi connectivity index (χ0v) is 10.1. The molecule has 0 saturated carbocycles. The standard InChI is InChI=1S/C12H9F2NOS/c1-6-12(17-7(2)15-6)11(16)8-3-4-9(13)10(14)5-8/h3-5H,1-2H3. The summed E-state index contributed by atoms with van der Waals surface area (Å²) >= 11 is 1.25. The molecule has 0 N–H and O–H groups in total. The lowest BCUT2D eigenvalue weighted by atomic mass is 10.1. The van der Waals surface area contributed by atoms with Gasteiger partial charge in [-0.25, -0.2) is 13.8 Å². The maximum atomic E-state index is 13.0. The summed E-state index contributed by atoms with van der Waals surface area (Å²) in [7, 11) is 0. The minimum absolute atomic E-state index is 0.135. The third-order valence-electron chi connectivity index (χ3n) is 2.29. The summed E-state index contributed by atoms with van der Waals surface area (Å²) in [6, 6.07) is 3.13. The molecule has 1 heterocycles. The van der Waals surface area contributed by atoms with Gasteiger partial charge in [0, 0.05) is 5.56 Å². The summed E-state index contributed by atoms with van der Waals surface area (Å²) in [5, 5.41) is 0.772. The lowest BCUT2D eigenvalue weighted by Crippen LogP contribution is -2.02. The van der Waals surface area contributed by atoms with Crippen molar-refractivity contribution >= 4 is 17.1 Å².